The van der Waals surface area contributed by atoms with Gasteiger partial charge in [0.25, 0.3) is 0 Å². The van der Waals surface area contributed by atoms with Crippen molar-refractivity contribution >= 4 is 0 Å². The van der Waals surface area contributed by atoms with Crippen molar-refractivity contribution in [2.45, 2.75) is 91.3 Å². The van der Waals surface area contributed by atoms with E-state index in [0.717, 1.165) is 73.7 Å². The highest BCUT2D eigenvalue weighted by Crippen LogP contribution is 2.34. The first kappa shape index (κ1) is 25.1. The van der Waals surface area contributed by atoms with Gasteiger partial charge in [-0.25, -0.2) is 0 Å². The van der Waals surface area contributed by atoms with Crippen LogP contribution in [-0.2, 0) is 0 Å². The summed E-state index contributed by atoms with van der Waals surface area (Å²) in [5, 5.41) is 40.0. The van der Waals surface area contributed by atoms with Crippen LogP contribution in [0.3, 0.4) is 0 Å². The maximum atomic E-state index is 10.6. The lowest BCUT2D eigenvalue weighted by Crippen LogP contribution is -2.17. The van der Waals surface area contributed by atoms with E-state index in [-0.39, 0.29) is 24.0 Å². The maximum absolute atomic E-state index is 10.6. The van der Waals surface area contributed by atoms with Crippen molar-refractivity contribution < 1.29 is 20.4 Å². The summed E-state index contributed by atoms with van der Waals surface area (Å²) in [5.74, 6) is 0. The zero-order chi connectivity index (χ0) is 22.4. The predicted octanol–water partition coefficient (Wildman–Crippen LogP) is 4.60. The van der Waals surface area contributed by atoms with Crippen molar-refractivity contribution in [1.82, 2.24) is 0 Å². The Kier molecular flexibility index (Phi) is 9.11. The maximum Gasteiger partial charge on any atom is 0.0967 e. The van der Waals surface area contributed by atoms with Gasteiger partial charge in [0.05, 0.1) is 12.2 Å². The third kappa shape index (κ3) is 7.19. The van der Waals surface area contributed by atoms with Crippen LogP contribution in [0.1, 0.15) is 79.1 Å². The molecule has 30 heavy (non-hydrogen) atoms. The van der Waals surface area contributed by atoms with E-state index in [0.29, 0.717) is 0 Å². The minimum atomic E-state index is -0.505. The van der Waals surface area contributed by atoms with Crippen LogP contribution < -0.4 is 0 Å². The van der Waals surface area contributed by atoms with E-state index < -0.39 is 12.2 Å². The lowest BCUT2D eigenvalue weighted by molar-refractivity contribution is 0.147. The van der Waals surface area contributed by atoms with Crippen molar-refractivity contribution in [2.75, 3.05) is 13.2 Å². The van der Waals surface area contributed by atoms with E-state index in [1.165, 1.54) is 0 Å². The first-order valence-electron chi connectivity index (χ1n) is 11.5. The zero-order valence-electron chi connectivity index (χ0n) is 19.3. The van der Waals surface area contributed by atoms with Gasteiger partial charge in [-0.15, -0.1) is 0 Å². The molecule has 0 saturated carbocycles. The molecule has 0 spiro atoms. The summed E-state index contributed by atoms with van der Waals surface area (Å²) in [4.78, 5) is 0. The van der Waals surface area contributed by atoms with Gasteiger partial charge in [0.1, 0.15) is 0 Å². The minimum absolute atomic E-state index is 0.0655. The van der Waals surface area contributed by atoms with Crippen molar-refractivity contribution in [1.29, 1.82) is 0 Å². The molecule has 170 valence electrons. The quantitative estimate of drug-likeness (QED) is 0.352. The second-order valence-electron chi connectivity index (χ2n) is 10.6. The van der Waals surface area contributed by atoms with E-state index in [1.807, 2.05) is 24.3 Å². The van der Waals surface area contributed by atoms with Crippen molar-refractivity contribution in [2.24, 2.45) is 10.8 Å². The molecular formula is C26H42O4. The average Bonchev–Trinajstić information content (AvgIpc) is 3.23. The lowest BCUT2D eigenvalue weighted by atomic mass is 9.86. The molecule has 0 radical (unpaired) electrons. The number of hydrogen-bond acceptors (Lipinski definition) is 4. The van der Waals surface area contributed by atoms with E-state index >= 15 is 0 Å². The molecule has 4 heteroatoms. The fourth-order valence-corrected chi connectivity index (χ4v) is 4.14. The average molecular weight is 419 g/mol. The SMILES string of the molecule is CC(C)(CO)CCCC1=CC=C(CCC2=CC=C(CCCC(C)(C)CO)C2O)C1O. The summed E-state index contributed by atoms with van der Waals surface area (Å²) in [6, 6.07) is 0. The Morgan fingerprint density at radius 1 is 0.600 bits per heavy atom. The minimum Gasteiger partial charge on any atom is -0.396 e. The number of hydrogen-bond donors (Lipinski definition) is 4. The molecule has 0 amide bonds. The van der Waals surface area contributed by atoms with E-state index in [1.54, 1.807) is 0 Å². The third-order valence-electron chi connectivity index (χ3n) is 6.62. The molecule has 2 aliphatic rings. The first-order valence-corrected chi connectivity index (χ1v) is 11.5. The molecule has 2 atom stereocenters. The van der Waals surface area contributed by atoms with Gasteiger partial charge >= 0.3 is 0 Å². The molecule has 0 bridgehead atoms. The Morgan fingerprint density at radius 3 is 1.20 bits per heavy atom. The summed E-state index contributed by atoms with van der Waals surface area (Å²) in [5.41, 5.74) is 4.04. The summed E-state index contributed by atoms with van der Waals surface area (Å²) in [6.07, 6.45) is 14.1. The van der Waals surface area contributed by atoms with E-state index in [4.69, 9.17) is 0 Å². The summed E-state index contributed by atoms with van der Waals surface area (Å²) < 4.78 is 0. The van der Waals surface area contributed by atoms with Crippen LogP contribution in [0.15, 0.2) is 46.6 Å². The highest BCUT2D eigenvalue weighted by Gasteiger charge is 2.25. The fourth-order valence-electron chi connectivity index (χ4n) is 4.14. The van der Waals surface area contributed by atoms with E-state index in [2.05, 4.69) is 27.7 Å². The zero-order valence-corrected chi connectivity index (χ0v) is 19.3. The van der Waals surface area contributed by atoms with E-state index in [9.17, 15) is 20.4 Å². The molecule has 0 aromatic carbocycles. The van der Waals surface area contributed by atoms with Crippen LogP contribution in [0.5, 0.6) is 0 Å². The molecular weight excluding hydrogens is 376 g/mol. The van der Waals surface area contributed by atoms with Gasteiger partial charge in [-0.2, -0.15) is 0 Å². The smallest absolute Gasteiger partial charge is 0.0967 e. The summed E-state index contributed by atoms with van der Waals surface area (Å²) >= 11 is 0. The van der Waals surface area contributed by atoms with Gasteiger partial charge in [0, 0.05) is 13.2 Å². The third-order valence-corrected chi connectivity index (χ3v) is 6.62. The van der Waals surface area contributed by atoms with Gasteiger partial charge in [0.2, 0.25) is 0 Å². The largest absolute Gasteiger partial charge is 0.396 e. The van der Waals surface area contributed by atoms with Gasteiger partial charge in [-0.1, -0.05) is 52.0 Å². The molecule has 2 aliphatic carbocycles. The van der Waals surface area contributed by atoms with Gasteiger partial charge in [0.15, 0.2) is 0 Å². The van der Waals surface area contributed by atoms with Gasteiger partial charge in [-0.05, 0) is 84.5 Å². The molecule has 2 unspecified atom stereocenters. The lowest BCUT2D eigenvalue weighted by Gasteiger charge is -2.22. The second-order valence-corrected chi connectivity index (χ2v) is 10.6. The van der Waals surface area contributed by atoms with Crippen LogP contribution in [-0.4, -0.2) is 45.8 Å². The normalized spacial score (nSPS) is 22.1. The van der Waals surface area contributed by atoms with Crippen LogP contribution in [0.4, 0.5) is 0 Å². The van der Waals surface area contributed by atoms with Crippen molar-refractivity contribution in [3.8, 4) is 0 Å². The molecule has 4 N–H and O–H groups in total. The van der Waals surface area contributed by atoms with Gasteiger partial charge < -0.3 is 20.4 Å². The van der Waals surface area contributed by atoms with Crippen LogP contribution in [0, 0.1) is 10.8 Å². The predicted molar refractivity (Wildman–Crippen MR) is 123 cm³/mol. The van der Waals surface area contributed by atoms with Crippen molar-refractivity contribution in [3.63, 3.8) is 0 Å². The Bertz CT molecular complexity index is 634. The van der Waals surface area contributed by atoms with Crippen LogP contribution in [0.25, 0.3) is 0 Å². The molecule has 0 aromatic heterocycles. The van der Waals surface area contributed by atoms with Gasteiger partial charge in [-0.3, -0.25) is 0 Å². The Hall–Kier alpha value is -1.20. The fraction of sp³-hybridized carbons (Fsp3) is 0.692. The molecule has 0 aromatic rings. The number of aliphatic hydroxyl groups excluding tert-OH is 4. The highest BCUT2D eigenvalue weighted by atomic mass is 16.3. The highest BCUT2D eigenvalue weighted by molar-refractivity contribution is 5.39. The Balaban J connectivity index is 1.71. The Labute approximate surface area is 182 Å². The van der Waals surface area contributed by atoms with Crippen LogP contribution >= 0.6 is 0 Å². The molecule has 0 fully saturated rings. The second kappa shape index (κ2) is 10.9. The number of rotatable bonds is 13. The van der Waals surface area contributed by atoms with Crippen molar-refractivity contribution in [3.05, 3.63) is 46.6 Å². The molecule has 2 rings (SSSR count). The standard InChI is InChI=1S/C26H42O4/c1-25(2,17-27)15-5-7-19-9-11-21(23(19)29)13-14-22-12-10-20(24(22)30)8-6-16-26(3,4)18-28/h9-12,23-24,27-30H,5-8,13-18H2,1-4H3. The van der Waals surface area contributed by atoms with Crippen LogP contribution in [0.2, 0.25) is 0 Å². The first-order chi connectivity index (χ1) is 14.1. The molecule has 0 saturated heterocycles. The topological polar surface area (TPSA) is 80.9 Å². The number of aliphatic hydroxyl groups is 4. The molecule has 0 heterocycles. The summed E-state index contributed by atoms with van der Waals surface area (Å²) in [6.45, 7) is 8.62. The molecule has 4 nitrogen and oxygen atoms in total. The summed E-state index contributed by atoms with van der Waals surface area (Å²) in [7, 11) is 0. The molecule has 0 aliphatic heterocycles. The monoisotopic (exact) mass is 418 g/mol. The Morgan fingerprint density at radius 2 is 0.900 bits per heavy atom. The number of allylic oxidation sites excluding steroid dienone is 4.